The Balaban J connectivity index is 1.62. The number of hydrogen-bond acceptors (Lipinski definition) is 4. The predicted octanol–water partition coefficient (Wildman–Crippen LogP) is 2.74. The van der Waals surface area contributed by atoms with Gasteiger partial charge in [0.1, 0.15) is 6.54 Å². The minimum Gasteiger partial charge on any atom is -0.341 e. The van der Waals surface area contributed by atoms with Crippen LogP contribution in [-0.2, 0) is 25.0 Å². The molecule has 0 unspecified atom stereocenters. The smallest absolute Gasteiger partial charge is 0.243 e. The summed E-state index contributed by atoms with van der Waals surface area (Å²) in [4.78, 5) is 29.6. The van der Waals surface area contributed by atoms with Crippen LogP contribution in [0.1, 0.15) is 58.4 Å². The molecule has 0 radical (unpaired) electrons. The van der Waals surface area contributed by atoms with Gasteiger partial charge in [-0.25, -0.2) is 8.42 Å². The first-order chi connectivity index (χ1) is 14.6. The molecule has 3 heterocycles. The zero-order valence-electron chi connectivity index (χ0n) is 18.8. The van der Waals surface area contributed by atoms with Crippen molar-refractivity contribution in [3.63, 3.8) is 0 Å². The van der Waals surface area contributed by atoms with Crippen molar-refractivity contribution < 1.29 is 18.0 Å². The zero-order valence-corrected chi connectivity index (χ0v) is 19.6. The molecule has 31 heavy (non-hydrogen) atoms. The van der Waals surface area contributed by atoms with Crippen LogP contribution >= 0.6 is 0 Å². The van der Waals surface area contributed by atoms with Gasteiger partial charge in [0.15, 0.2) is 0 Å². The van der Waals surface area contributed by atoms with E-state index in [9.17, 15) is 18.0 Å². The van der Waals surface area contributed by atoms with Crippen LogP contribution in [0.4, 0.5) is 5.69 Å². The van der Waals surface area contributed by atoms with E-state index in [1.54, 1.807) is 36.4 Å². The maximum atomic E-state index is 13.3. The van der Waals surface area contributed by atoms with E-state index in [-0.39, 0.29) is 23.3 Å². The van der Waals surface area contributed by atoms with Crippen LogP contribution in [-0.4, -0.2) is 62.2 Å². The third-order valence-electron chi connectivity index (χ3n) is 6.97. The molecule has 0 aliphatic carbocycles. The molecule has 170 valence electrons. The van der Waals surface area contributed by atoms with E-state index < -0.39 is 15.4 Å². The fourth-order valence-corrected chi connectivity index (χ4v) is 6.65. The number of piperidine rings is 2. The van der Waals surface area contributed by atoms with Gasteiger partial charge in [0.2, 0.25) is 21.8 Å². The summed E-state index contributed by atoms with van der Waals surface area (Å²) >= 11 is 0. The quantitative estimate of drug-likeness (QED) is 0.711. The summed E-state index contributed by atoms with van der Waals surface area (Å²) in [5, 5.41) is 0. The summed E-state index contributed by atoms with van der Waals surface area (Å²) in [5.74, 6) is 0.136. The lowest BCUT2D eigenvalue weighted by Crippen LogP contribution is -2.45. The molecule has 7 nitrogen and oxygen atoms in total. The fourth-order valence-electron chi connectivity index (χ4n) is 5.02. The summed E-state index contributed by atoms with van der Waals surface area (Å²) in [6, 6.07) is 4.93. The molecule has 0 aromatic heterocycles. The maximum Gasteiger partial charge on any atom is 0.243 e. The van der Waals surface area contributed by atoms with Gasteiger partial charge in [-0.3, -0.25) is 9.59 Å². The molecule has 2 fully saturated rings. The minimum absolute atomic E-state index is 0.00496. The summed E-state index contributed by atoms with van der Waals surface area (Å²) < 4.78 is 28.1. The number of amides is 2. The van der Waals surface area contributed by atoms with Crippen molar-refractivity contribution in [1.82, 2.24) is 9.21 Å². The second kappa shape index (κ2) is 8.20. The Labute approximate surface area is 185 Å². The van der Waals surface area contributed by atoms with Crippen molar-refractivity contribution >= 4 is 27.5 Å². The third kappa shape index (κ3) is 4.00. The normalized spacial score (nSPS) is 24.4. The largest absolute Gasteiger partial charge is 0.341 e. The lowest BCUT2D eigenvalue weighted by molar-refractivity contribution is -0.132. The molecule has 2 saturated heterocycles. The van der Waals surface area contributed by atoms with Crippen LogP contribution in [0.25, 0.3) is 0 Å². The summed E-state index contributed by atoms with van der Waals surface area (Å²) in [6.45, 7) is 8.22. The summed E-state index contributed by atoms with van der Waals surface area (Å²) in [6.07, 6.45) is 5.03. The first kappa shape index (κ1) is 22.3. The van der Waals surface area contributed by atoms with Crippen molar-refractivity contribution in [2.24, 2.45) is 5.92 Å². The topological polar surface area (TPSA) is 78.0 Å². The van der Waals surface area contributed by atoms with E-state index in [1.807, 2.05) is 4.90 Å². The van der Waals surface area contributed by atoms with Gasteiger partial charge in [-0.2, -0.15) is 4.31 Å². The highest BCUT2D eigenvalue weighted by Gasteiger charge is 2.45. The Hall–Kier alpha value is -1.93. The molecule has 0 saturated carbocycles. The average molecular weight is 448 g/mol. The number of anilines is 1. The third-order valence-corrected chi connectivity index (χ3v) is 8.83. The van der Waals surface area contributed by atoms with Gasteiger partial charge in [-0.05, 0) is 75.6 Å². The SMILES string of the molecule is C[C@H]1CCCN(S(=O)(=O)c2ccc3c(c2)C(C)(C)C(=O)N3CC(=O)N2CCCCC2)C1. The maximum absolute atomic E-state index is 13.3. The molecular weight excluding hydrogens is 414 g/mol. The molecule has 8 heteroatoms. The monoisotopic (exact) mass is 447 g/mol. The standard InChI is InChI=1S/C23H33N3O4S/c1-17-8-7-13-25(15-17)31(29,30)18-9-10-20-19(14-18)23(2,3)22(28)26(20)16-21(27)24-11-5-4-6-12-24/h9-10,14,17H,4-8,11-13,15-16H2,1-3H3/t17-/m0/s1. The second-order valence-corrected chi connectivity index (χ2v) is 11.7. The highest BCUT2D eigenvalue weighted by molar-refractivity contribution is 7.89. The molecule has 1 aromatic carbocycles. The number of likely N-dealkylation sites (tertiary alicyclic amines) is 1. The lowest BCUT2D eigenvalue weighted by atomic mass is 9.86. The van der Waals surface area contributed by atoms with Crippen molar-refractivity contribution in [1.29, 1.82) is 0 Å². The van der Waals surface area contributed by atoms with Crippen LogP contribution in [0.3, 0.4) is 0 Å². The van der Waals surface area contributed by atoms with Crippen LogP contribution in [0, 0.1) is 5.92 Å². The first-order valence-corrected chi connectivity index (χ1v) is 12.8. The highest BCUT2D eigenvalue weighted by atomic mass is 32.2. The molecule has 1 aromatic rings. The average Bonchev–Trinajstić information content (AvgIpc) is 2.94. The Morgan fingerprint density at radius 3 is 2.48 bits per heavy atom. The van der Waals surface area contributed by atoms with Gasteiger partial charge in [0, 0.05) is 31.9 Å². The highest BCUT2D eigenvalue weighted by Crippen LogP contribution is 2.43. The van der Waals surface area contributed by atoms with Crippen LogP contribution in [0.2, 0.25) is 0 Å². The van der Waals surface area contributed by atoms with Crippen LogP contribution < -0.4 is 4.90 Å². The number of sulfonamides is 1. The van der Waals surface area contributed by atoms with E-state index in [0.717, 1.165) is 45.2 Å². The minimum atomic E-state index is -3.61. The van der Waals surface area contributed by atoms with Crippen molar-refractivity contribution in [3.8, 4) is 0 Å². The number of hydrogen-bond donors (Lipinski definition) is 0. The van der Waals surface area contributed by atoms with Gasteiger partial charge in [0.05, 0.1) is 10.3 Å². The molecule has 0 spiro atoms. The fraction of sp³-hybridized carbons (Fsp3) is 0.652. The van der Waals surface area contributed by atoms with Gasteiger partial charge in [-0.15, -0.1) is 0 Å². The number of carbonyl (C=O) groups excluding carboxylic acids is 2. The molecular formula is C23H33N3O4S. The molecule has 0 N–H and O–H groups in total. The number of nitrogens with zero attached hydrogens (tertiary/aromatic N) is 3. The van der Waals surface area contributed by atoms with Gasteiger partial charge in [0.25, 0.3) is 0 Å². The number of carbonyl (C=O) groups is 2. The van der Waals surface area contributed by atoms with Crippen molar-refractivity contribution in [2.75, 3.05) is 37.6 Å². The van der Waals surface area contributed by atoms with E-state index in [1.165, 1.54) is 4.90 Å². The van der Waals surface area contributed by atoms with Gasteiger partial charge in [-0.1, -0.05) is 6.92 Å². The molecule has 3 aliphatic heterocycles. The zero-order chi connectivity index (χ0) is 22.4. The van der Waals surface area contributed by atoms with Crippen molar-refractivity contribution in [3.05, 3.63) is 23.8 Å². The lowest BCUT2D eigenvalue weighted by Gasteiger charge is -2.30. The second-order valence-electron chi connectivity index (χ2n) is 9.75. The molecule has 4 rings (SSSR count). The Bertz CT molecular complexity index is 983. The van der Waals surface area contributed by atoms with E-state index in [0.29, 0.717) is 30.3 Å². The van der Waals surface area contributed by atoms with E-state index >= 15 is 0 Å². The number of fused-ring (bicyclic) bond motifs is 1. The molecule has 2 amide bonds. The molecule has 1 atom stereocenters. The van der Waals surface area contributed by atoms with Crippen LogP contribution in [0.5, 0.6) is 0 Å². The molecule has 3 aliphatic rings. The van der Waals surface area contributed by atoms with E-state index in [2.05, 4.69) is 6.92 Å². The number of benzene rings is 1. The Kier molecular flexibility index (Phi) is 5.89. The predicted molar refractivity (Wildman–Crippen MR) is 119 cm³/mol. The Morgan fingerprint density at radius 2 is 1.81 bits per heavy atom. The first-order valence-electron chi connectivity index (χ1n) is 11.4. The summed E-state index contributed by atoms with van der Waals surface area (Å²) in [7, 11) is -3.61. The van der Waals surface area contributed by atoms with Crippen LogP contribution in [0.15, 0.2) is 23.1 Å². The van der Waals surface area contributed by atoms with Gasteiger partial charge >= 0.3 is 0 Å². The van der Waals surface area contributed by atoms with E-state index in [4.69, 9.17) is 0 Å². The van der Waals surface area contributed by atoms with Gasteiger partial charge < -0.3 is 9.80 Å². The summed E-state index contributed by atoms with van der Waals surface area (Å²) in [5.41, 5.74) is 0.444. The van der Waals surface area contributed by atoms with Crippen molar-refractivity contribution in [2.45, 2.75) is 63.2 Å². The molecule has 0 bridgehead atoms. The number of rotatable bonds is 4. The Morgan fingerprint density at radius 1 is 1.10 bits per heavy atom.